The van der Waals surface area contributed by atoms with Gasteiger partial charge >= 0.3 is 0 Å². The Morgan fingerprint density at radius 3 is 3.06 bits per heavy atom. The second-order valence-corrected chi connectivity index (χ2v) is 5.59. The fraction of sp³-hybridized carbons (Fsp3) is 0.733. The molecule has 1 aromatic rings. The molecule has 3 heteroatoms. The van der Waals surface area contributed by atoms with E-state index in [2.05, 4.69) is 13.8 Å². The summed E-state index contributed by atoms with van der Waals surface area (Å²) >= 11 is 0. The maximum absolute atomic E-state index is 6.44. The highest BCUT2D eigenvalue weighted by Crippen LogP contribution is 2.38. The van der Waals surface area contributed by atoms with Gasteiger partial charge in [0.25, 0.3) is 0 Å². The monoisotopic (exact) mass is 251 g/mol. The summed E-state index contributed by atoms with van der Waals surface area (Å²) in [6.07, 6.45) is 7.13. The van der Waals surface area contributed by atoms with E-state index in [9.17, 15) is 0 Å². The number of ether oxygens (including phenoxy) is 1. The van der Waals surface area contributed by atoms with Crippen molar-refractivity contribution in [3.8, 4) is 0 Å². The molecular weight excluding hydrogens is 226 g/mol. The highest BCUT2D eigenvalue weighted by atomic mass is 16.5. The normalized spacial score (nSPS) is 30.3. The van der Waals surface area contributed by atoms with E-state index in [1.54, 1.807) is 6.26 Å². The maximum atomic E-state index is 6.44. The van der Waals surface area contributed by atoms with Gasteiger partial charge in [-0.05, 0) is 37.8 Å². The van der Waals surface area contributed by atoms with Gasteiger partial charge < -0.3 is 14.9 Å². The Labute approximate surface area is 110 Å². The van der Waals surface area contributed by atoms with Crippen LogP contribution in [0, 0.1) is 5.92 Å². The fourth-order valence-electron chi connectivity index (χ4n) is 3.24. The van der Waals surface area contributed by atoms with Crippen LogP contribution in [0.4, 0.5) is 0 Å². The zero-order chi connectivity index (χ0) is 13.0. The average molecular weight is 251 g/mol. The van der Waals surface area contributed by atoms with E-state index in [1.807, 2.05) is 12.1 Å². The molecule has 3 nitrogen and oxygen atoms in total. The molecule has 1 fully saturated rings. The predicted octanol–water partition coefficient (Wildman–Crippen LogP) is 3.13. The maximum Gasteiger partial charge on any atom is 0.105 e. The van der Waals surface area contributed by atoms with Gasteiger partial charge in [0.1, 0.15) is 5.76 Å². The van der Waals surface area contributed by atoms with Crippen molar-refractivity contribution < 1.29 is 9.15 Å². The van der Waals surface area contributed by atoms with Crippen LogP contribution in [0.5, 0.6) is 0 Å². The molecular formula is C15H25NO2. The quantitative estimate of drug-likeness (QED) is 0.874. The molecule has 3 atom stereocenters. The summed E-state index contributed by atoms with van der Waals surface area (Å²) in [6, 6.07) is 3.93. The molecule has 1 saturated carbocycles. The molecule has 0 bridgehead atoms. The summed E-state index contributed by atoms with van der Waals surface area (Å²) in [5, 5.41) is 0. The SMILES string of the molecule is CCOC1(C(N)Cc2ccco2)CCCC(C)C1. The van der Waals surface area contributed by atoms with Crippen molar-refractivity contribution in [1.82, 2.24) is 0 Å². The van der Waals surface area contributed by atoms with Gasteiger partial charge in [0.2, 0.25) is 0 Å². The van der Waals surface area contributed by atoms with Crippen LogP contribution in [-0.4, -0.2) is 18.2 Å². The molecule has 1 aliphatic rings. The van der Waals surface area contributed by atoms with Gasteiger partial charge in [-0.1, -0.05) is 19.8 Å². The highest BCUT2D eigenvalue weighted by Gasteiger charge is 2.41. The Bertz CT molecular complexity index is 345. The van der Waals surface area contributed by atoms with E-state index >= 15 is 0 Å². The standard InChI is InChI=1S/C15H25NO2/c1-3-18-15(8-4-6-12(2)11-15)14(16)10-13-7-5-9-17-13/h5,7,9,12,14H,3-4,6,8,10-11,16H2,1-2H3. The molecule has 0 aliphatic heterocycles. The number of hydrogen-bond acceptors (Lipinski definition) is 3. The summed E-state index contributed by atoms with van der Waals surface area (Å²) in [7, 11) is 0. The summed E-state index contributed by atoms with van der Waals surface area (Å²) in [6.45, 7) is 5.09. The van der Waals surface area contributed by atoms with Gasteiger partial charge in [-0.2, -0.15) is 0 Å². The van der Waals surface area contributed by atoms with Crippen LogP contribution in [0.2, 0.25) is 0 Å². The molecule has 3 unspecified atom stereocenters. The zero-order valence-electron chi connectivity index (χ0n) is 11.5. The fourth-order valence-corrected chi connectivity index (χ4v) is 3.24. The van der Waals surface area contributed by atoms with Crippen molar-refractivity contribution in [2.75, 3.05) is 6.61 Å². The molecule has 2 N–H and O–H groups in total. The molecule has 0 radical (unpaired) electrons. The second kappa shape index (κ2) is 5.89. The molecule has 1 aliphatic carbocycles. The van der Waals surface area contributed by atoms with E-state index in [-0.39, 0.29) is 11.6 Å². The minimum absolute atomic E-state index is 0.0198. The number of rotatable bonds is 5. The van der Waals surface area contributed by atoms with Crippen LogP contribution in [0.1, 0.15) is 45.3 Å². The summed E-state index contributed by atoms with van der Waals surface area (Å²) < 4.78 is 11.5. The van der Waals surface area contributed by atoms with Gasteiger partial charge in [0.15, 0.2) is 0 Å². The van der Waals surface area contributed by atoms with Crippen LogP contribution >= 0.6 is 0 Å². The Morgan fingerprint density at radius 1 is 1.61 bits per heavy atom. The Hall–Kier alpha value is -0.800. The Kier molecular flexibility index (Phi) is 4.46. The topological polar surface area (TPSA) is 48.4 Å². The van der Waals surface area contributed by atoms with Crippen molar-refractivity contribution in [1.29, 1.82) is 0 Å². The minimum atomic E-state index is -0.154. The van der Waals surface area contributed by atoms with Gasteiger partial charge in [-0.15, -0.1) is 0 Å². The first-order chi connectivity index (χ1) is 8.66. The highest BCUT2D eigenvalue weighted by molar-refractivity contribution is 5.05. The van der Waals surface area contributed by atoms with Crippen molar-refractivity contribution in [2.24, 2.45) is 11.7 Å². The third-order valence-electron chi connectivity index (χ3n) is 4.10. The lowest BCUT2D eigenvalue weighted by atomic mass is 9.73. The molecule has 2 rings (SSSR count). The first kappa shape index (κ1) is 13.6. The number of hydrogen-bond donors (Lipinski definition) is 1. The molecule has 0 spiro atoms. The van der Waals surface area contributed by atoms with E-state index in [0.29, 0.717) is 5.92 Å². The van der Waals surface area contributed by atoms with Crippen LogP contribution in [0.3, 0.4) is 0 Å². The van der Waals surface area contributed by atoms with Gasteiger partial charge in [0, 0.05) is 19.1 Å². The van der Waals surface area contributed by atoms with Crippen LogP contribution in [0.15, 0.2) is 22.8 Å². The lowest BCUT2D eigenvalue weighted by Crippen LogP contribution is -2.53. The van der Waals surface area contributed by atoms with Crippen LogP contribution in [0.25, 0.3) is 0 Å². The third kappa shape index (κ3) is 2.96. The van der Waals surface area contributed by atoms with Crippen molar-refractivity contribution in [3.05, 3.63) is 24.2 Å². The van der Waals surface area contributed by atoms with E-state index in [0.717, 1.165) is 31.6 Å². The van der Waals surface area contributed by atoms with Crippen LogP contribution in [-0.2, 0) is 11.2 Å². The Morgan fingerprint density at radius 2 is 2.44 bits per heavy atom. The number of furan rings is 1. The Balaban J connectivity index is 2.08. The zero-order valence-corrected chi connectivity index (χ0v) is 11.5. The smallest absolute Gasteiger partial charge is 0.105 e. The van der Waals surface area contributed by atoms with Crippen molar-refractivity contribution in [3.63, 3.8) is 0 Å². The van der Waals surface area contributed by atoms with Crippen LogP contribution < -0.4 is 5.73 Å². The van der Waals surface area contributed by atoms with Gasteiger partial charge in [0.05, 0.1) is 11.9 Å². The van der Waals surface area contributed by atoms with Crippen molar-refractivity contribution >= 4 is 0 Å². The van der Waals surface area contributed by atoms with Crippen molar-refractivity contribution in [2.45, 2.75) is 57.6 Å². The minimum Gasteiger partial charge on any atom is -0.469 e. The molecule has 18 heavy (non-hydrogen) atoms. The average Bonchev–Trinajstić information content (AvgIpc) is 2.82. The summed E-state index contributed by atoms with van der Waals surface area (Å²) in [5.74, 6) is 1.66. The molecule has 0 amide bonds. The lowest BCUT2D eigenvalue weighted by Gasteiger charge is -2.43. The van der Waals surface area contributed by atoms with E-state index in [1.165, 1.54) is 12.8 Å². The number of nitrogens with two attached hydrogens (primary N) is 1. The van der Waals surface area contributed by atoms with E-state index < -0.39 is 0 Å². The first-order valence-electron chi connectivity index (χ1n) is 7.08. The third-order valence-corrected chi connectivity index (χ3v) is 4.10. The summed E-state index contributed by atoms with van der Waals surface area (Å²) in [4.78, 5) is 0. The van der Waals surface area contributed by atoms with Gasteiger partial charge in [-0.25, -0.2) is 0 Å². The molecule has 0 aromatic carbocycles. The molecule has 1 aromatic heterocycles. The summed E-state index contributed by atoms with van der Waals surface area (Å²) in [5.41, 5.74) is 6.28. The second-order valence-electron chi connectivity index (χ2n) is 5.59. The molecule has 102 valence electrons. The van der Waals surface area contributed by atoms with E-state index in [4.69, 9.17) is 14.9 Å². The van der Waals surface area contributed by atoms with Gasteiger partial charge in [-0.3, -0.25) is 0 Å². The largest absolute Gasteiger partial charge is 0.469 e. The predicted molar refractivity (Wildman–Crippen MR) is 72.4 cm³/mol. The first-order valence-corrected chi connectivity index (χ1v) is 7.08. The molecule has 1 heterocycles. The lowest BCUT2D eigenvalue weighted by molar-refractivity contribution is -0.0931. The molecule has 0 saturated heterocycles.